The van der Waals surface area contributed by atoms with Gasteiger partial charge in [0.1, 0.15) is 5.65 Å². The van der Waals surface area contributed by atoms with Crippen LogP contribution >= 0.6 is 0 Å². The number of nitrogens with zero attached hydrogens (tertiary/aromatic N) is 3. The molecule has 0 bridgehead atoms. The molecule has 1 aromatic carbocycles. The fourth-order valence-electron chi connectivity index (χ4n) is 2.78. The smallest absolute Gasteiger partial charge is 0.248 e. The molecule has 6 nitrogen and oxygen atoms in total. The first-order valence-electron chi connectivity index (χ1n) is 7.48. The number of nitrogens with two attached hydrogens (primary N) is 1. The molecule has 0 aliphatic rings. The molecule has 3 heterocycles. The Hall–Kier alpha value is -3.41. The Balaban J connectivity index is 1.82. The summed E-state index contributed by atoms with van der Waals surface area (Å²) in [4.78, 5) is 18.9. The number of aryl methyl sites for hydroxylation is 1. The molecule has 0 unspecified atom stereocenters. The molecule has 0 radical (unpaired) electrons. The summed E-state index contributed by atoms with van der Waals surface area (Å²) in [6, 6.07) is 9.33. The number of carbonyl (C=O) groups is 1. The Kier molecular flexibility index (Phi) is 3.16. The van der Waals surface area contributed by atoms with Crippen LogP contribution < -0.4 is 5.73 Å². The predicted molar refractivity (Wildman–Crippen MR) is 92.2 cm³/mol. The molecular weight excluding hydrogens is 302 g/mol. The highest BCUT2D eigenvalue weighted by Gasteiger charge is 2.10. The quantitative estimate of drug-likeness (QED) is 0.609. The third-order valence-electron chi connectivity index (χ3n) is 4.05. The van der Waals surface area contributed by atoms with E-state index in [2.05, 4.69) is 21.1 Å². The lowest BCUT2D eigenvalue weighted by Gasteiger charge is -2.02. The summed E-state index contributed by atoms with van der Waals surface area (Å²) in [5.74, 6) is -0.430. The lowest BCUT2D eigenvalue weighted by Crippen LogP contribution is -2.10. The zero-order valence-electron chi connectivity index (χ0n) is 13.0. The molecule has 118 valence electrons. The average Bonchev–Trinajstić information content (AvgIpc) is 3.20. The van der Waals surface area contributed by atoms with Gasteiger partial charge in [0.05, 0.1) is 6.20 Å². The Morgan fingerprint density at radius 2 is 1.92 bits per heavy atom. The lowest BCUT2D eigenvalue weighted by molar-refractivity contribution is 0.100. The third-order valence-corrected chi connectivity index (χ3v) is 4.05. The van der Waals surface area contributed by atoms with Crippen molar-refractivity contribution in [2.45, 2.75) is 0 Å². The number of aromatic amines is 1. The molecule has 3 N–H and O–H groups in total. The van der Waals surface area contributed by atoms with Crippen LogP contribution in [-0.4, -0.2) is 25.7 Å². The molecule has 0 atom stereocenters. The van der Waals surface area contributed by atoms with Gasteiger partial charge in [0.25, 0.3) is 0 Å². The minimum Gasteiger partial charge on any atom is -0.366 e. The van der Waals surface area contributed by atoms with E-state index in [1.807, 2.05) is 44.0 Å². The van der Waals surface area contributed by atoms with Crippen LogP contribution in [0, 0.1) is 0 Å². The van der Waals surface area contributed by atoms with E-state index in [1.54, 1.807) is 16.8 Å². The molecule has 6 heteroatoms. The largest absolute Gasteiger partial charge is 0.366 e. The van der Waals surface area contributed by atoms with E-state index in [0.717, 1.165) is 33.3 Å². The Bertz CT molecular complexity index is 1040. The van der Waals surface area contributed by atoms with Crippen LogP contribution in [0.4, 0.5) is 0 Å². The van der Waals surface area contributed by atoms with Crippen molar-refractivity contribution < 1.29 is 4.79 Å². The van der Waals surface area contributed by atoms with Gasteiger partial charge in [-0.15, -0.1) is 0 Å². The maximum absolute atomic E-state index is 11.2. The maximum Gasteiger partial charge on any atom is 0.248 e. The molecule has 4 rings (SSSR count). The number of fused-ring (bicyclic) bond motifs is 1. The Morgan fingerprint density at radius 3 is 2.58 bits per heavy atom. The molecule has 24 heavy (non-hydrogen) atoms. The van der Waals surface area contributed by atoms with Gasteiger partial charge in [-0.25, -0.2) is 4.98 Å². The van der Waals surface area contributed by atoms with Gasteiger partial charge < -0.3 is 10.7 Å². The zero-order chi connectivity index (χ0) is 16.7. The van der Waals surface area contributed by atoms with Crippen molar-refractivity contribution >= 4 is 16.9 Å². The van der Waals surface area contributed by atoms with E-state index < -0.39 is 5.91 Å². The minimum atomic E-state index is -0.430. The van der Waals surface area contributed by atoms with Crippen molar-refractivity contribution in [3.05, 3.63) is 60.7 Å². The van der Waals surface area contributed by atoms with Crippen LogP contribution in [0.5, 0.6) is 0 Å². The van der Waals surface area contributed by atoms with Crippen molar-refractivity contribution in [3.63, 3.8) is 0 Å². The molecule has 1 amide bonds. The number of pyridine rings is 1. The Labute approximate surface area is 137 Å². The molecule has 0 aliphatic heterocycles. The SMILES string of the molecule is Cn1cc(-c2cnc3[nH]cc(-c4ccc(C(N)=O)cc4)c3c2)cn1. The number of benzene rings is 1. The fourth-order valence-corrected chi connectivity index (χ4v) is 2.78. The summed E-state index contributed by atoms with van der Waals surface area (Å²) < 4.78 is 1.76. The topological polar surface area (TPSA) is 89.6 Å². The van der Waals surface area contributed by atoms with Gasteiger partial charge in [-0.1, -0.05) is 12.1 Å². The number of amides is 1. The first-order valence-corrected chi connectivity index (χ1v) is 7.48. The number of aromatic nitrogens is 4. The van der Waals surface area contributed by atoms with Crippen LogP contribution in [0.2, 0.25) is 0 Å². The van der Waals surface area contributed by atoms with Crippen molar-refractivity contribution in [1.29, 1.82) is 0 Å². The van der Waals surface area contributed by atoms with E-state index >= 15 is 0 Å². The molecule has 0 saturated heterocycles. The molecule has 0 fully saturated rings. The summed E-state index contributed by atoms with van der Waals surface area (Å²) in [5.41, 5.74) is 10.7. The summed E-state index contributed by atoms with van der Waals surface area (Å²) in [6.07, 6.45) is 7.52. The first kappa shape index (κ1) is 14.2. The van der Waals surface area contributed by atoms with Gasteiger partial charge >= 0.3 is 0 Å². The number of primary amides is 1. The van der Waals surface area contributed by atoms with Gasteiger partial charge in [-0.3, -0.25) is 9.48 Å². The number of rotatable bonds is 3. The highest BCUT2D eigenvalue weighted by atomic mass is 16.1. The second-order valence-corrected chi connectivity index (χ2v) is 5.67. The summed E-state index contributed by atoms with van der Waals surface area (Å²) in [5, 5.41) is 5.22. The molecule has 3 aromatic heterocycles. The van der Waals surface area contributed by atoms with Crippen LogP contribution in [0.1, 0.15) is 10.4 Å². The average molecular weight is 317 g/mol. The predicted octanol–water partition coefficient (Wildman–Crippen LogP) is 2.73. The van der Waals surface area contributed by atoms with Crippen LogP contribution in [0.25, 0.3) is 33.3 Å². The summed E-state index contributed by atoms with van der Waals surface area (Å²) >= 11 is 0. The number of hydrogen-bond acceptors (Lipinski definition) is 3. The van der Waals surface area contributed by atoms with Gasteiger partial charge in [-0.05, 0) is 23.8 Å². The summed E-state index contributed by atoms with van der Waals surface area (Å²) in [6.45, 7) is 0. The second kappa shape index (κ2) is 5.34. The molecule has 0 aliphatic carbocycles. The van der Waals surface area contributed by atoms with E-state index in [-0.39, 0.29) is 0 Å². The van der Waals surface area contributed by atoms with Crippen LogP contribution in [0.3, 0.4) is 0 Å². The molecule has 4 aromatic rings. The van der Waals surface area contributed by atoms with Crippen molar-refractivity contribution in [1.82, 2.24) is 19.7 Å². The molecule has 0 spiro atoms. The standard InChI is InChI=1S/C18H15N5O/c1-23-10-14(8-22-23)13-6-15-16(9-21-18(15)20-7-13)11-2-4-12(5-3-11)17(19)24/h2-10H,1H3,(H2,19,24)(H,20,21). The monoisotopic (exact) mass is 317 g/mol. The number of carbonyl (C=O) groups excluding carboxylic acids is 1. The van der Waals surface area contributed by atoms with Gasteiger partial charge in [-0.2, -0.15) is 5.10 Å². The highest BCUT2D eigenvalue weighted by Crippen LogP contribution is 2.30. The highest BCUT2D eigenvalue weighted by molar-refractivity contribution is 5.97. The third kappa shape index (κ3) is 2.34. The van der Waals surface area contributed by atoms with E-state index in [1.165, 1.54) is 0 Å². The van der Waals surface area contributed by atoms with Gasteiger partial charge in [0, 0.05) is 53.3 Å². The number of hydrogen-bond donors (Lipinski definition) is 2. The van der Waals surface area contributed by atoms with Gasteiger partial charge in [0.15, 0.2) is 0 Å². The maximum atomic E-state index is 11.2. The fraction of sp³-hybridized carbons (Fsp3) is 0.0556. The van der Waals surface area contributed by atoms with E-state index in [9.17, 15) is 4.79 Å². The van der Waals surface area contributed by atoms with Crippen molar-refractivity contribution in [2.24, 2.45) is 12.8 Å². The van der Waals surface area contributed by atoms with E-state index in [0.29, 0.717) is 5.56 Å². The summed E-state index contributed by atoms with van der Waals surface area (Å²) in [7, 11) is 1.89. The second-order valence-electron chi connectivity index (χ2n) is 5.67. The van der Waals surface area contributed by atoms with Gasteiger partial charge in [0.2, 0.25) is 5.91 Å². The van der Waals surface area contributed by atoms with E-state index in [4.69, 9.17) is 5.73 Å². The minimum absolute atomic E-state index is 0.430. The Morgan fingerprint density at radius 1 is 1.12 bits per heavy atom. The zero-order valence-corrected chi connectivity index (χ0v) is 13.0. The first-order chi connectivity index (χ1) is 11.6. The van der Waals surface area contributed by atoms with Crippen molar-refractivity contribution in [2.75, 3.05) is 0 Å². The van der Waals surface area contributed by atoms with Crippen LogP contribution in [0.15, 0.2) is 55.1 Å². The van der Waals surface area contributed by atoms with Crippen LogP contribution in [-0.2, 0) is 7.05 Å². The normalized spacial score (nSPS) is 11.0. The van der Waals surface area contributed by atoms with Crippen molar-refractivity contribution in [3.8, 4) is 22.3 Å². The number of nitrogens with one attached hydrogen (secondary N) is 1. The molecular formula is C18H15N5O. The lowest BCUT2D eigenvalue weighted by atomic mass is 10.0. The number of H-pyrrole nitrogens is 1. The molecule has 0 saturated carbocycles.